The fraction of sp³-hybridized carbons (Fsp3) is 0.143. The second kappa shape index (κ2) is 5.09. The zero-order chi connectivity index (χ0) is 13.2. The average Bonchev–Trinajstić information content (AvgIpc) is 2.74. The van der Waals surface area contributed by atoms with Crippen LogP contribution in [-0.4, -0.2) is 14.4 Å². The summed E-state index contributed by atoms with van der Waals surface area (Å²) in [6.45, 7) is 0. The third-order valence-electron chi connectivity index (χ3n) is 3.00. The third-order valence-corrected chi connectivity index (χ3v) is 3.59. The monoisotopic (exact) mass is 319 g/mol. The number of aryl methyl sites for hydroxylation is 2. The predicted molar refractivity (Wildman–Crippen MR) is 74.5 cm³/mol. The molecular formula is C14H11BrFN3. The Morgan fingerprint density at radius 2 is 2.11 bits per heavy atom. The predicted octanol–water partition coefficient (Wildman–Crippen LogP) is 3.42. The van der Waals surface area contributed by atoms with Gasteiger partial charge in [0.15, 0.2) is 0 Å². The second-order valence-corrected chi connectivity index (χ2v) is 5.04. The van der Waals surface area contributed by atoms with Crippen LogP contribution in [0.2, 0.25) is 0 Å². The maximum atomic E-state index is 13.1. The van der Waals surface area contributed by atoms with Crippen LogP contribution in [0.3, 0.4) is 0 Å². The van der Waals surface area contributed by atoms with Crippen molar-refractivity contribution in [3.05, 3.63) is 64.7 Å². The van der Waals surface area contributed by atoms with Crippen molar-refractivity contribution < 1.29 is 4.39 Å². The van der Waals surface area contributed by atoms with Crippen LogP contribution in [-0.2, 0) is 12.8 Å². The Morgan fingerprint density at radius 3 is 2.95 bits per heavy atom. The van der Waals surface area contributed by atoms with E-state index in [0.29, 0.717) is 0 Å². The highest BCUT2D eigenvalue weighted by molar-refractivity contribution is 9.10. The number of hydrogen-bond donors (Lipinski definition) is 0. The fourth-order valence-electron chi connectivity index (χ4n) is 2.08. The Bertz CT molecular complexity index is 724. The molecule has 0 N–H and O–H groups in total. The molecule has 0 saturated heterocycles. The van der Waals surface area contributed by atoms with Gasteiger partial charge in [-0.3, -0.25) is 4.40 Å². The van der Waals surface area contributed by atoms with Crippen LogP contribution >= 0.6 is 15.9 Å². The van der Waals surface area contributed by atoms with Gasteiger partial charge in [-0.1, -0.05) is 12.1 Å². The number of rotatable bonds is 3. The number of halogens is 2. The standard InChI is InChI=1S/C14H11BrFN3/c15-14-12-6-7-17-9-19(12)13(18-14)5-4-10-2-1-3-11(16)8-10/h1-3,6-9H,4-5H2. The van der Waals surface area contributed by atoms with Crippen molar-refractivity contribution in [2.75, 3.05) is 0 Å². The number of benzene rings is 1. The SMILES string of the molecule is Fc1cccc(CCc2nc(Br)c3ccncn23)c1. The van der Waals surface area contributed by atoms with Crippen molar-refractivity contribution in [1.82, 2.24) is 14.4 Å². The van der Waals surface area contributed by atoms with Crippen LogP contribution < -0.4 is 0 Å². The van der Waals surface area contributed by atoms with Gasteiger partial charge < -0.3 is 0 Å². The minimum Gasteiger partial charge on any atom is -0.286 e. The molecular weight excluding hydrogens is 309 g/mol. The Morgan fingerprint density at radius 1 is 1.21 bits per heavy atom. The smallest absolute Gasteiger partial charge is 0.132 e. The molecule has 1 aromatic carbocycles. The lowest BCUT2D eigenvalue weighted by molar-refractivity contribution is 0.625. The van der Waals surface area contributed by atoms with Crippen LogP contribution in [0, 0.1) is 5.82 Å². The van der Waals surface area contributed by atoms with Crippen LogP contribution in [0.15, 0.2) is 47.5 Å². The van der Waals surface area contributed by atoms with E-state index in [9.17, 15) is 4.39 Å². The Balaban J connectivity index is 1.86. The van der Waals surface area contributed by atoms with Crippen LogP contribution in [0.25, 0.3) is 5.52 Å². The Hall–Kier alpha value is -1.75. The molecule has 3 nitrogen and oxygen atoms in total. The minimum absolute atomic E-state index is 0.201. The van der Waals surface area contributed by atoms with Crippen molar-refractivity contribution in [3.8, 4) is 0 Å². The van der Waals surface area contributed by atoms with E-state index < -0.39 is 0 Å². The Kier molecular flexibility index (Phi) is 3.29. The topological polar surface area (TPSA) is 30.2 Å². The number of aromatic nitrogens is 3. The lowest BCUT2D eigenvalue weighted by Gasteiger charge is -2.01. The molecule has 3 aromatic rings. The van der Waals surface area contributed by atoms with Gasteiger partial charge in [-0.2, -0.15) is 0 Å². The zero-order valence-corrected chi connectivity index (χ0v) is 11.6. The molecule has 2 aromatic heterocycles. The first kappa shape index (κ1) is 12.3. The van der Waals surface area contributed by atoms with E-state index in [-0.39, 0.29) is 5.82 Å². The Labute approximate surface area is 118 Å². The maximum Gasteiger partial charge on any atom is 0.132 e. The average molecular weight is 320 g/mol. The van der Waals surface area contributed by atoms with Gasteiger partial charge in [-0.25, -0.2) is 14.4 Å². The lowest BCUT2D eigenvalue weighted by Crippen LogP contribution is -1.98. The van der Waals surface area contributed by atoms with Gasteiger partial charge in [-0.05, 0) is 46.1 Å². The quantitative estimate of drug-likeness (QED) is 0.740. The summed E-state index contributed by atoms with van der Waals surface area (Å²) >= 11 is 3.44. The van der Waals surface area contributed by atoms with Crippen molar-refractivity contribution in [2.24, 2.45) is 0 Å². The van der Waals surface area contributed by atoms with Crippen molar-refractivity contribution in [3.63, 3.8) is 0 Å². The molecule has 0 bridgehead atoms. The lowest BCUT2D eigenvalue weighted by atomic mass is 10.1. The fourth-order valence-corrected chi connectivity index (χ4v) is 2.61. The van der Waals surface area contributed by atoms with Gasteiger partial charge in [0, 0.05) is 12.6 Å². The van der Waals surface area contributed by atoms with E-state index in [0.717, 1.165) is 34.3 Å². The molecule has 0 unspecified atom stereocenters. The molecule has 0 aliphatic carbocycles. The molecule has 96 valence electrons. The van der Waals surface area contributed by atoms with Gasteiger partial charge in [0.05, 0.1) is 5.52 Å². The summed E-state index contributed by atoms with van der Waals surface area (Å²) in [4.78, 5) is 8.57. The van der Waals surface area contributed by atoms with E-state index in [1.54, 1.807) is 24.7 Å². The number of fused-ring (bicyclic) bond motifs is 1. The van der Waals surface area contributed by atoms with Crippen molar-refractivity contribution in [1.29, 1.82) is 0 Å². The van der Waals surface area contributed by atoms with E-state index in [4.69, 9.17) is 0 Å². The first-order valence-corrected chi connectivity index (χ1v) is 6.74. The summed E-state index contributed by atoms with van der Waals surface area (Å²) in [6.07, 6.45) is 4.96. The largest absolute Gasteiger partial charge is 0.286 e. The van der Waals surface area contributed by atoms with E-state index in [2.05, 4.69) is 25.9 Å². The molecule has 0 aliphatic rings. The second-order valence-electron chi connectivity index (χ2n) is 4.28. The van der Waals surface area contributed by atoms with Crippen LogP contribution in [0.4, 0.5) is 4.39 Å². The van der Waals surface area contributed by atoms with Gasteiger partial charge >= 0.3 is 0 Å². The third kappa shape index (κ3) is 2.51. The van der Waals surface area contributed by atoms with Gasteiger partial charge in [0.25, 0.3) is 0 Å². The molecule has 2 heterocycles. The normalized spacial score (nSPS) is 11.1. The van der Waals surface area contributed by atoms with Crippen molar-refractivity contribution >= 4 is 21.4 Å². The summed E-state index contributed by atoms with van der Waals surface area (Å²) in [7, 11) is 0. The first-order valence-electron chi connectivity index (χ1n) is 5.95. The summed E-state index contributed by atoms with van der Waals surface area (Å²) < 4.78 is 15.9. The van der Waals surface area contributed by atoms with E-state index >= 15 is 0 Å². The highest BCUT2D eigenvalue weighted by Gasteiger charge is 2.08. The summed E-state index contributed by atoms with van der Waals surface area (Å²) in [5, 5.41) is 0. The molecule has 5 heteroatoms. The number of imidazole rings is 1. The molecule has 0 fully saturated rings. The van der Waals surface area contributed by atoms with Crippen LogP contribution in [0.5, 0.6) is 0 Å². The summed E-state index contributed by atoms with van der Waals surface area (Å²) in [5.74, 6) is 0.715. The summed E-state index contributed by atoms with van der Waals surface area (Å²) in [5.41, 5.74) is 1.96. The number of hydrogen-bond acceptors (Lipinski definition) is 2. The van der Waals surface area contributed by atoms with Crippen molar-refractivity contribution in [2.45, 2.75) is 12.8 Å². The highest BCUT2D eigenvalue weighted by atomic mass is 79.9. The molecule has 0 spiro atoms. The molecule has 3 rings (SSSR count). The molecule has 0 saturated carbocycles. The van der Waals surface area contributed by atoms with Gasteiger partial charge in [-0.15, -0.1) is 0 Å². The first-order chi connectivity index (χ1) is 9.24. The molecule has 19 heavy (non-hydrogen) atoms. The van der Waals surface area contributed by atoms with E-state index in [1.807, 2.05) is 16.5 Å². The van der Waals surface area contributed by atoms with Gasteiger partial charge in [0.2, 0.25) is 0 Å². The number of nitrogens with zero attached hydrogens (tertiary/aromatic N) is 3. The molecule has 0 radical (unpaired) electrons. The molecule has 0 aliphatic heterocycles. The zero-order valence-electron chi connectivity index (χ0n) is 10.1. The van der Waals surface area contributed by atoms with E-state index in [1.165, 1.54) is 6.07 Å². The van der Waals surface area contributed by atoms with Crippen LogP contribution in [0.1, 0.15) is 11.4 Å². The molecule has 0 amide bonds. The summed E-state index contributed by atoms with van der Waals surface area (Å²) in [6, 6.07) is 8.57. The maximum absolute atomic E-state index is 13.1. The minimum atomic E-state index is -0.201. The highest BCUT2D eigenvalue weighted by Crippen LogP contribution is 2.19. The van der Waals surface area contributed by atoms with Gasteiger partial charge in [0.1, 0.15) is 22.6 Å². The molecule has 0 atom stereocenters.